The molecule has 126 valence electrons. The number of oxazole rings is 1. The first-order valence-corrected chi connectivity index (χ1v) is 7.49. The van der Waals surface area contributed by atoms with Crippen LogP contribution in [-0.4, -0.2) is 25.4 Å². The average Bonchev–Trinajstić information content (AvgIpc) is 3.13. The molecule has 9 heteroatoms. The number of aromatic amines is 1. The van der Waals surface area contributed by atoms with Gasteiger partial charge in [0, 0.05) is 19.8 Å². The number of benzene rings is 1. The minimum absolute atomic E-state index is 0.221. The molecule has 3 heterocycles. The van der Waals surface area contributed by atoms with Crippen LogP contribution in [0.15, 0.2) is 39.9 Å². The zero-order valence-corrected chi connectivity index (χ0v) is 13.2. The van der Waals surface area contributed by atoms with Gasteiger partial charge in [0.1, 0.15) is 11.8 Å². The van der Waals surface area contributed by atoms with Crippen molar-refractivity contribution in [2.45, 2.75) is 6.54 Å². The Morgan fingerprint density at radius 3 is 3.08 bits per heavy atom. The molecule has 0 radical (unpaired) electrons. The van der Waals surface area contributed by atoms with E-state index in [2.05, 4.69) is 20.3 Å². The van der Waals surface area contributed by atoms with E-state index in [1.165, 1.54) is 10.9 Å². The number of hydrogen-bond acceptors (Lipinski definition) is 6. The number of fused-ring (bicyclic) bond motifs is 2. The van der Waals surface area contributed by atoms with Gasteiger partial charge in [0.15, 0.2) is 11.3 Å². The maximum atomic E-state index is 12.4. The van der Waals surface area contributed by atoms with Crippen LogP contribution in [0.2, 0.25) is 0 Å². The van der Waals surface area contributed by atoms with Crippen LogP contribution in [0.25, 0.3) is 22.1 Å². The van der Waals surface area contributed by atoms with E-state index < -0.39 is 5.76 Å². The third-order valence-electron chi connectivity index (χ3n) is 4.02. The number of nitrogens with zero attached hydrogens (tertiary/aromatic N) is 3. The standard InChI is InChI=1S/C16H14N6O3/c1-22-10-4-8(2-3-11(10)25-16(22)24)5-19-15(23)14-13-12(20-7-21-14)9(17)6-18-13/h2-4,6-7,18H,5,17H2,1H3,(H,19,23). The highest BCUT2D eigenvalue weighted by molar-refractivity contribution is 6.05. The van der Waals surface area contributed by atoms with Crippen molar-refractivity contribution in [3.8, 4) is 0 Å². The topological polar surface area (TPSA) is 132 Å². The summed E-state index contributed by atoms with van der Waals surface area (Å²) in [6.45, 7) is 0.274. The third kappa shape index (κ3) is 2.42. The second-order valence-corrected chi connectivity index (χ2v) is 5.60. The Bertz CT molecular complexity index is 1170. The molecule has 0 bridgehead atoms. The number of anilines is 1. The van der Waals surface area contributed by atoms with Gasteiger partial charge in [0.05, 0.1) is 16.7 Å². The highest BCUT2D eigenvalue weighted by Gasteiger charge is 2.15. The van der Waals surface area contributed by atoms with Crippen molar-refractivity contribution in [1.82, 2.24) is 24.8 Å². The minimum Gasteiger partial charge on any atom is -0.408 e. The van der Waals surface area contributed by atoms with Crippen LogP contribution >= 0.6 is 0 Å². The van der Waals surface area contributed by atoms with Crippen LogP contribution in [0.4, 0.5) is 5.69 Å². The average molecular weight is 338 g/mol. The first kappa shape index (κ1) is 14.9. The van der Waals surface area contributed by atoms with Crippen molar-refractivity contribution in [3.63, 3.8) is 0 Å². The van der Waals surface area contributed by atoms with Gasteiger partial charge in [-0.2, -0.15) is 0 Å². The molecule has 4 rings (SSSR count). The van der Waals surface area contributed by atoms with Crippen LogP contribution < -0.4 is 16.8 Å². The van der Waals surface area contributed by atoms with E-state index >= 15 is 0 Å². The summed E-state index contributed by atoms with van der Waals surface area (Å²) in [6.07, 6.45) is 2.87. The van der Waals surface area contributed by atoms with Gasteiger partial charge in [-0.25, -0.2) is 14.8 Å². The van der Waals surface area contributed by atoms with Crippen LogP contribution in [0.1, 0.15) is 16.1 Å². The summed E-state index contributed by atoms with van der Waals surface area (Å²) in [7, 11) is 1.63. The predicted molar refractivity (Wildman–Crippen MR) is 90.9 cm³/mol. The quantitative estimate of drug-likeness (QED) is 0.509. The Labute approximate surface area is 140 Å². The Morgan fingerprint density at radius 2 is 2.24 bits per heavy atom. The Balaban J connectivity index is 1.59. The van der Waals surface area contributed by atoms with Crippen LogP contribution in [0.5, 0.6) is 0 Å². The lowest BCUT2D eigenvalue weighted by atomic mass is 10.2. The third-order valence-corrected chi connectivity index (χ3v) is 4.02. The fraction of sp³-hybridized carbons (Fsp3) is 0.125. The maximum absolute atomic E-state index is 12.4. The highest BCUT2D eigenvalue weighted by Crippen LogP contribution is 2.19. The lowest BCUT2D eigenvalue weighted by molar-refractivity contribution is 0.0947. The molecule has 0 aliphatic rings. The van der Waals surface area contributed by atoms with E-state index in [0.717, 1.165) is 5.56 Å². The molecule has 0 spiro atoms. The molecular formula is C16H14N6O3. The molecular weight excluding hydrogens is 324 g/mol. The number of nitrogen functional groups attached to an aromatic ring is 1. The number of rotatable bonds is 3. The number of aryl methyl sites for hydroxylation is 1. The van der Waals surface area contributed by atoms with E-state index in [1.807, 2.05) is 0 Å². The molecule has 0 atom stereocenters. The SMILES string of the molecule is Cn1c(=O)oc2ccc(CNC(=O)c3ncnc4c(N)c[nH]c34)cc21. The maximum Gasteiger partial charge on any atom is 0.419 e. The Kier molecular flexibility index (Phi) is 3.27. The van der Waals surface area contributed by atoms with E-state index in [9.17, 15) is 9.59 Å². The first-order valence-electron chi connectivity index (χ1n) is 7.49. The van der Waals surface area contributed by atoms with Gasteiger partial charge in [-0.1, -0.05) is 6.07 Å². The minimum atomic E-state index is -0.427. The smallest absolute Gasteiger partial charge is 0.408 e. The molecule has 0 aliphatic carbocycles. The lowest BCUT2D eigenvalue weighted by Gasteiger charge is -2.06. The number of carbonyl (C=O) groups excluding carboxylic acids is 1. The Hall–Kier alpha value is -3.62. The number of nitrogens with one attached hydrogen (secondary N) is 2. The van der Waals surface area contributed by atoms with E-state index in [-0.39, 0.29) is 18.1 Å². The van der Waals surface area contributed by atoms with Gasteiger partial charge in [-0.3, -0.25) is 9.36 Å². The fourth-order valence-corrected chi connectivity index (χ4v) is 2.68. The molecule has 9 nitrogen and oxygen atoms in total. The summed E-state index contributed by atoms with van der Waals surface area (Å²) in [5.74, 6) is -0.778. The van der Waals surface area contributed by atoms with Crippen LogP contribution in [-0.2, 0) is 13.6 Å². The molecule has 1 aromatic carbocycles. The lowest BCUT2D eigenvalue weighted by Crippen LogP contribution is -2.24. The molecule has 25 heavy (non-hydrogen) atoms. The molecule has 4 N–H and O–H groups in total. The largest absolute Gasteiger partial charge is 0.419 e. The second kappa shape index (κ2) is 5.48. The number of nitrogens with two attached hydrogens (primary N) is 1. The summed E-state index contributed by atoms with van der Waals surface area (Å²) >= 11 is 0. The van der Waals surface area contributed by atoms with Crippen molar-refractivity contribution in [1.29, 1.82) is 0 Å². The monoisotopic (exact) mass is 338 g/mol. The number of H-pyrrole nitrogens is 1. The van der Waals surface area contributed by atoms with Gasteiger partial charge in [-0.05, 0) is 17.7 Å². The Morgan fingerprint density at radius 1 is 1.40 bits per heavy atom. The molecule has 0 fully saturated rings. The second-order valence-electron chi connectivity index (χ2n) is 5.60. The predicted octanol–water partition coefficient (Wildman–Crippen LogP) is 0.915. The molecule has 0 saturated heterocycles. The molecule has 1 amide bonds. The summed E-state index contributed by atoms with van der Waals surface area (Å²) in [5, 5.41) is 2.80. The number of aromatic nitrogens is 4. The molecule has 0 aliphatic heterocycles. The fourth-order valence-electron chi connectivity index (χ4n) is 2.68. The van der Waals surface area contributed by atoms with Crippen molar-refractivity contribution in [3.05, 3.63) is 52.5 Å². The van der Waals surface area contributed by atoms with Gasteiger partial charge in [0.2, 0.25) is 0 Å². The van der Waals surface area contributed by atoms with E-state index in [4.69, 9.17) is 10.2 Å². The van der Waals surface area contributed by atoms with Gasteiger partial charge in [-0.15, -0.1) is 0 Å². The van der Waals surface area contributed by atoms with Gasteiger partial charge < -0.3 is 20.5 Å². The van der Waals surface area contributed by atoms with Crippen LogP contribution in [0.3, 0.4) is 0 Å². The van der Waals surface area contributed by atoms with E-state index in [0.29, 0.717) is 27.8 Å². The summed E-state index contributed by atoms with van der Waals surface area (Å²) in [4.78, 5) is 35.0. The van der Waals surface area contributed by atoms with Crippen molar-refractivity contribution < 1.29 is 9.21 Å². The normalized spacial score (nSPS) is 11.2. The summed E-state index contributed by atoms with van der Waals surface area (Å²) < 4.78 is 6.50. The zero-order chi connectivity index (χ0) is 17.6. The van der Waals surface area contributed by atoms with Crippen molar-refractivity contribution in [2.75, 3.05) is 5.73 Å². The summed E-state index contributed by atoms with van der Waals surface area (Å²) in [6, 6.07) is 5.28. The molecule has 4 aromatic rings. The van der Waals surface area contributed by atoms with Gasteiger partial charge in [0.25, 0.3) is 5.91 Å². The van der Waals surface area contributed by atoms with Gasteiger partial charge >= 0.3 is 5.76 Å². The highest BCUT2D eigenvalue weighted by atomic mass is 16.4. The molecule has 0 saturated carbocycles. The molecule has 3 aromatic heterocycles. The van der Waals surface area contributed by atoms with Crippen LogP contribution in [0, 0.1) is 0 Å². The van der Waals surface area contributed by atoms with Crippen molar-refractivity contribution in [2.24, 2.45) is 7.05 Å². The number of hydrogen-bond donors (Lipinski definition) is 3. The molecule has 0 unspecified atom stereocenters. The summed E-state index contributed by atoms with van der Waals surface area (Å²) in [5.41, 5.74) is 9.46. The number of carbonyl (C=O) groups is 1. The van der Waals surface area contributed by atoms with E-state index in [1.54, 1.807) is 31.4 Å². The number of amides is 1. The first-order chi connectivity index (χ1) is 12.0. The zero-order valence-electron chi connectivity index (χ0n) is 13.2. The van der Waals surface area contributed by atoms with Crippen molar-refractivity contribution >= 4 is 33.7 Å².